The van der Waals surface area contributed by atoms with E-state index in [1.807, 2.05) is 0 Å². The first-order valence-corrected chi connectivity index (χ1v) is 8.32. The zero-order valence-electron chi connectivity index (χ0n) is 11.7. The molecule has 0 saturated carbocycles. The molecule has 0 spiro atoms. The molecule has 2 N–H and O–H groups in total. The first kappa shape index (κ1) is 15.8. The molecule has 0 radical (unpaired) electrons. The van der Waals surface area contributed by atoms with Crippen molar-refractivity contribution in [3.8, 4) is 0 Å². The highest BCUT2D eigenvalue weighted by Gasteiger charge is 2.11. The fourth-order valence-corrected chi connectivity index (χ4v) is 2.51. The summed E-state index contributed by atoms with van der Waals surface area (Å²) in [6.45, 7) is 0. The average Bonchev–Trinajstić information content (AvgIpc) is 2.97. The SMILES string of the molecule is CS(=O)(=O)Cc1ccc(C(=O)NNC(=O)c2ccco2)cc1. The molecule has 0 aliphatic heterocycles. The number of benzene rings is 1. The first-order valence-electron chi connectivity index (χ1n) is 6.26. The van der Waals surface area contributed by atoms with Gasteiger partial charge in [0.2, 0.25) is 0 Å². The van der Waals surface area contributed by atoms with Crippen molar-refractivity contribution in [1.82, 2.24) is 10.9 Å². The van der Waals surface area contributed by atoms with Crippen molar-refractivity contribution in [2.45, 2.75) is 5.75 Å². The summed E-state index contributed by atoms with van der Waals surface area (Å²) in [5, 5.41) is 0. The molecule has 7 nitrogen and oxygen atoms in total. The van der Waals surface area contributed by atoms with Crippen LogP contribution in [0.3, 0.4) is 0 Å². The molecule has 0 fully saturated rings. The summed E-state index contributed by atoms with van der Waals surface area (Å²) >= 11 is 0. The molecule has 2 amide bonds. The molecule has 2 rings (SSSR count). The Kier molecular flexibility index (Phi) is 4.62. The molecular formula is C14H14N2O5S. The minimum Gasteiger partial charge on any atom is -0.459 e. The maximum atomic E-state index is 11.8. The highest BCUT2D eigenvalue weighted by atomic mass is 32.2. The van der Waals surface area contributed by atoms with Gasteiger partial charge in [-0.1, -0.05) is 12.1 Å². The van der Waals surface area contributed by atoms with Crippen molar-refractivity contribution in [2.24, 2.45) is 0 Å². The standard InChI is InChI=1S/C14H14N2O5S/c1-22(19,20)9-10-4-6-11(7-5-10)13(17)15-16-14(18)12-3-2-8-21-12/h2-8H,9H2,1H3,(H,15,17)(H,16,18). The maximum absolute atomic E-state index is 11.8. The summed E-state index contributed by atoms with van der Waals surface area (Å²) in [6, 6.07) is 9.07. The van der Waals surface area contributed by atoms with Crippen LogP contribution in [0.25, 0.3) is 0 Å². The van der Waals surface area contributed by atoms with Gasteiger partial charge in [-0.2, -0.15) is 0 Å². The number of amides is 2. The van der Waals surface area contributed by atoms with Crippen LogP contribution in [0.4, 0.5) is 0 Å². The van der Waals surface area contributed by atoms with Crippen molar-refractivity contribution >= 4 is 21.7 Å². The Hall–Kier alpha value is -2.61. The van der Waals surface area contributed by atoms with Crippen LogP contribution < -0.4 is 10.9 Å². The predicted octanol–water partition coefficient (Wildman–Crippen LogP) is 0.899. The van der Waals surface area contributed by atoms with Crippen molar-refractivity contribution in [3.05, 3.63) is 59.5 Å². The van der Waals surface area contributed by atoms with Gasteiger partial charge in [0.1, 0.15) is 0 Å². The second-order valence-corrected chi connectivity index (χ2v) is 6.79. The lowest BCUT2D eigenvalue weighted by Crippen LogP contribution is -2.41. The van der Waals surface area contributed by atoms with E-state index in [-0.39, 0.29) is 17.1 Å². The lowest BCUT2D eigenvalue weighted by molar-refractivity contribution is 0.0831. The molecule has 0 atom stereocenters. The monoisotopic (exact) mass is 322 g/mol. The van der Waals surface area contributed by atoms with Crippen molar-refractivity contribution in [3.63, 3.8) is 0 Å². The van der Waals surface area contributed by atoms with Gasteiger partial charge in [0, 0.05) is 11.8 Å². The molecule has 1 aromatic heterocycles. The zero-order valence-corrected chi connectivity index (χ0v) is 12.5. The van der Waals surface area contributed by atoms with Gasteiger partial charge in [0.05, 0.1) is 12.0 Å². The summed E-state index contributed by atoms with van der Waals surface area (Å²) in [5.41, 5.74) is 5.32. The lowest BCUT2D eigenvalue weighted by Gasteiger charge is -2.06. The summed E-state index contributed by atoms with van der Waals surface area (Å²) in [5.74, 6) is -1.12. The van der Waals surface area contributed by atoms with E-state index in [1.165, 1.54) is 24.5 Å². The molecule has 0 aliphatic carbocycles. The third kappa shape index (κ3) is 4.45. The molecule has 2 aromatic rings. The molecule has 22 heavy (non-hydrogen) atoms. The van der Waals surface area contributed by atoms with Gasteiger partial charge in [0.25, 0.3) is 5.91 Å². The average molecular weight is 322 g/mol. The minimum absolute atomic E-state index is 0.0730. The number of hydrogen-bond donors (Lipinski definition) is 2. The van der Waals surface area contributed by atoms with Crippen molar-refractivity contribution in [2.75, 3.05) is 6.26 Å². The second-order valence-electron chi connectivity index (χ2n) is 4.65. The quantitative estimate of drug-likeness (QED) is 0.814. The fraction of sp³-hybridized carbons (Fsp3) is 0.143. The van der Waals surface area contributed by atoms with Crippen LogP contribution in [0.2, 0.25) is 0 Å². The predicted molar refractivity (Wildman–Crippen MR) is 78.6 cm³/mol. The zero-order chi connectivity index (χ0) is 16.2. The van der Waals surface area contributed by atoms with E-state index in [9.17, 15) is 18.0 Å². The third-order valence-corrected chi connectivity index (χ3v) is 3.54. The van der Waals surface area contributed by atoms with Gasteiger partial charge in [-0.3, -0.25) is 20.4 Å². The van der Waals surface area contributed by atoms with E-state index in [0.717, 1.165) is 6.26 Å². The third-order valence-electron chi connectivity index (χ3n) is 2.68. The Morgan fingerprint density at radius 2 is 1.68 bits per heavy atom. The Morgan fingerprint density at radius 1 is 1.05 bits per heavy atom. The second kappa shape index (κ2) is 6.44. The van der Waals surface area contributed by atoms with E-state index in [4.69, 9.17) is 4.42 Å². The van der Waals surface area contributed by atoms with Gasteiger partial charge < -0.3 is 4.42 Å². The molecule has 8 heteroatoms. The van der Waals surface area contributed by atoms with Crippen LogP contribution in [-0.2, 0) is 15.6 Å². The molecule has 0 saturated heterocycles. The van der Waals surface area contributed by atoms with E-state index in [1.54, 1.807) is 18.2 Å². The van der Waals surface area contributed by atoms with Gasteiger partial charge in [0.15, 0.2) is 15.6 Å². The van der Waals surface area contributed by atoms with Gasteiger partial charge in [-0.05, 0) is 29.8 Å². The molecular weight excluding hydrogens is 308 g/mol. The Bertz CT molecular complexity index is 764. The van der Waals surface area contributed by atoms with Crippen LogP contribution in [0.15, 0.2) is 47.1 Å². The van der Waals surface area contributed by atoms with Crippen LogP contribution in [0.1, 0.15) is 26.5 Å². The highest BCUT2D eigenvalue weighted by molar-refractivity contribution is 7.89. The van der Waals surface area contributed by atoms with E-state index in [0.29, 0.717) is 5.56 Å². The smallest absolute Gasteiger partial charge is 0.305 e. The van der Waals surface area contributed by atoms with Crippen molar-refractivity contribution < 1.29 is 22.4 Å². The van der Waals surface area contributed by atoms with E-state index < -0.39 is 21.7 Å². The van der Waals surface area contributed by atoms with E-state index in [2.05, 4.69) is 10.9 Å². The number of hydrazine groups is 1. The fourth-order valence-electron chi connectivity index (χ4n) is 1.71. The number of furan rings is 1. The Labute approximate surface area is 127 Å². The lowest BCUT2D eigenvalue weighted by atomic mass is 10.1. The first-order chi connectivity index (χ1) is 10.3. The molecule has 0 unspecified atom stereocenters. The van der Waals surface area contributed by atoms with Crippen LogP contribution in [0, 0.1) is 0 Å². The number of hydrogen-bond acceptors (Lipinski definition) is 5. The minimum atomic E-state index is -3.12. The Morgan fingerprint density at radius 3 is 2.23 bits per heavy atom. The number of rotatable bonds is 4. The summed E-state index contributed by atoms with van der Waals surface area (Å²) in [4.78, 5) is 23.4. The summed E-state index contributed by atoms with van der Waals surface area (Å²) in [6.07, 6.45) is 2.48. The highest BCUT2D eigenvalue weighted by Crippen LogP contribution is 2.07. The number of nitrogens with one attached hydrogen (secondary N) is 2. The van der Waals surface area contributed by atoms with Gasteiger partial charge in [-0.25, -0.2) is 8.42 Å². The van der Waals surface area contributed by atoms with Crippen molar-refractivity contribution in [1.29, 1.82) is 0 Å². The van der Waals surface area contributed by atoms with Crippen LogP contribution >= 0.6 is 0 Å². The van der Waals surface area contributed by atoms with Gasteiger partial charge >= 0.3 is 5.91 Å². The normalized spacial score (nSPS) is 11.0. The summed E-state index contributed by atoms with van der Waals surface area (Å²) < 4.78 is 27.2. The largest absolute Gasteiger partial charge is 0.459 e. The van der Waals surface area contributed by atoms with Gasteiger partial charge in [-0.15, -0.1) is 0 Å². The maximum Gasteiger partial charge on any atom is 0.305 e. The molecule has 116 valence electrons. The molecule has 1 aromatic carbocycles. The van der Waals surface area contributed by atoms with Crippen LogP contribution in [-0.4, -0.2) is 26.5 Å². The van der Waals surface area contributed by atoms with Crippen LogP contribution in [0.5, 0.6) is 0 Å². The van der Waals surface area contributed by atoms with E-state index >= 15 is 0 Å². The number of sulfone groups is 1. The summed E-state index contributed by atoms with van der Waals surface area (Å²) in [7, 11) is -3.12. The Balaban J connectivity index is 1.94. The number of carbonyl (C=O) groups is 2. The topological polar surface area (TPSA) is 105 Å². The molecule has 0 bridgehead atoms. The molecule has 0 aliphatic rings. The number of carbonyl (C=O) groups excluding carboxylic acids is 2. The molecule has 1 heterocycles.